The molecule has 7 heteroatoms. The summed E-state index contributed by atoms with van der Waals surface area (Å²) in [7, 11) is -3.89. The van der Waals surface area contributed by atoms with Crippen LogP contribution < -0.4 is 10.0 Å². The lowest BCUT2D eigenvalue weighted by atomic mass is 10.1. The van der Waals surface area contributed by atoms with Crippen molar-refractivity contribution in [1.82, 2.24) is 4.57 Å². The Morgan fingerprint density at radius 3 is 2.22 bits per heavy atom. The van der Waals surface area contributed by atoms with Crippen LogP contribution in [0.2, 0.25) is 0 Å². The van der Waals surface area contributed by atoms with Gasteiger partial charge in [-0.1, -0.05) is 30.3 Å². The van der Waals surface area contributed by atoms with Crippen LogP contribution in [-0.4, -0.2) is 18.9 Å². The standard InChI is InChI=1S/C30H29N3O3S/c1-5-33-27-9-7-6-8-25(27)26-18-23(14-15-28(26)33)31-30(34)22-12-10-20(3)29(17-22)37(35,36)32-24-13-11-19(2)21(4)16-24/h6-18,32H,5H2,1-4H3,(H,31,34). The molecule has 4 aromatic carbocycles. The third-order valence-electron chi connectivity index (χ3n) is 6.85. The molecule has 0 fully saturated rings. The zero-order chi connectivity index (χ0) is 26.3. The molecule has 0 saturated heterocycles. The lowest BCUT2D eigenvalue weighted by Crippen LogP contribution is -2.17. The van der Waals surface area contributed by atoms with Gasteiger partial charge in [-0.15, -0.1) is 0 Å². The highest BCUT2D eigenvalue weighted by Gasteiger charge is 2.20. The molecule has 188 valence electrons. The van der Waals surface area contributed by atoms with Gasteiger partial charge in [-0.3, -0.25) is 9.52 Å². The maximum atomic E-state index is 13.2. The number of carbonyl (C=O) groups excluding carboxylic acids is 1. The van der Waals surface area contributed by atoms with Crippen LogP contribution in [0.15, 0.2) is 83.8 Å². The van der Waals surface area contributed by atoms with Crippen LogP contribution in [0, 0.1) is 20.8 Å². The monoisotopic (exact) mass is 511 g/mol. The highest BCUT2D eigenvalue weighted by atomic mass is 32.2. The van der Waals surface area contributed by atoms with E-state index in [1.165, 1.54) is 6.07 Å². The summed E-state index contributed by atoms with van der Waals surface area (Å²) in [6, 6.07) is 24.2. The quantitative estimate of drug-likeness (QED) is 0.263. The molecular formula is C30H29N3O3S. The van der Waals surface area contributed by atoms with Crippen molar-refractivity contribution in [2.75, 3.05) is 10.0 Å². The number of aromatic nitrogens is 1. The molecular weight excluding hydrogens is 482 g/mol. The SMILES string of the molecule is CCn1c2ccccc2c2cc(NC(=O)c3ccc(C)c(S(=O)(=O)Nc4ccc(C)c(C)c4)c3)ccc21. The first-order valence-corrected chi connectivity index (χ1v) is 13.7. The van der Waals surface area contributed by atoms with Crippen molar-refractivity contribution in [1.29, 1.82) is 0 Å². The van der Waals surface area contributed by atoms with Crippen molar-refractivity contribution < 1.29 is 13.2 Å². The number of hydrogen-bond donors (Lipinski definition) is 2. The van der Waals surface area contributed by atoms with E-state index in [0.717, 1.165) is 39.5 Å². The van der Waals surface area contributed by atoms with E-state index < -0.39 is 10.0 Å². The van der Waals surface area contributed by atoms with E-state index in [0.29, 0.717) is 16.9 Å². The maximum absolute atomic E-state index is 13.2. The molecule has 1 aromatic heterocycles. The Bertz CT molecular complexity index is 1790. The van der Waals surface area contributed by atoms with Crippen LogP contribution in [-0.2, 0) is 16.6 Å². The topological polar surface area (TPSA) is 80.2 Å². The number of amides is 1. The summed E-state index contributed by atoms with van der Waals surface area (Å²) in [6.45, 7) is 8.57. The van der Waals surface area contributed by atoms with E-state index in [-0.39, 0.29) is 16.4 Å². The van der Waals surface area contributed by atoms with Gasteiger partial charge in [-0.2, -0.15) is 0 Å². The fourth-order valence-corrected chi connectivity index (χ4v) is 6.04. The predicted molar refractivity (Wildman–Crippen MR) is 151 cm³/mol. The predicted octanol–water partition coefficient (Wildman–Crippen LogP) is 6.79. The second-order valence-corrected chi connectivity index (χ2v) is 11.0. The van der Waals surface area contributed by atoms with Crippen molar-refractivity contribution in [3.05, 3.63) is 101 Å². The minimum atomic E-state index is -3.89. The van der Waals surface area contributed by atoms with Crippen molar-refractivity contribution >= 4 is 49.1 Å². The maximum Gasteiger partial charge on any atom is 0.262 e. The van der Waals surface area contributed by atoms with E-state index >= 15 is 0 Å². The second-order valence-electron chi connectivity index (χ2n) is 9.33. The molecule has 0 aliphatic heterocycles. The molecule has 2 N–H and O–H groups in total. The van der Waals surface area contributed by atoms with Crippen LogP contribution in [0.3, 0.4) is 0 Å². The molecule has 0 spiro atoms. The van der Waals surface area contributed by atoms with E-state index in [1.807, 2.05) is 50.2 Å². The van der Waals surface area contributed by atoms with E-state index in [1.54, 1.807) is 31.2 Å². The molecule has 0 unspecified atom stereocenters. The normalized spacial score (nSPS) is 11.7. The molecule has 1 heterocycles. The number of rotatable bonds is 6. The molecule has 0 aliphatic carbocycles. The Hall–Kier alpha value is -4.10. The fourth-order valence-electron chi connectivity index (χ4n) is 4.72. The molecule has 0 radical (unpaired) electrons. The zero-order valence-corrected chi connectivity index (χ0v) is 22.1. The van der Waals surface area contributed by atoms with Gasteiger partial charge in [0.1, 0.15) is 0 Å². The molecule has 0 saturated carbocycles. The molecule has 0 bridgehead atoms. The second kappa shape index (κ2) is 9.41. The van der Waals surface area contributed by atoms with Crippen molar-refractivity contribution in [3.63, 3.8) is 0 Å². The summed E-state index contributed by atoms with van der Waals surface area (Å²) < 4.78 is 31.3. The van der Waals surface area contributed by atoms with Crippen LogP contribution in [0.4, 0.5) is 11.4 Å². The van der Waals surface area contributed by atoms with Gasteiger partial charge in [0, 0.05) is 45.3 Å². The number of benzene rings is 4. The largest absolute Gasteiger partial charge is 0.341 e. The molecule has 1 amide bonds. The third-order valence-corrected chi connectivity index (χ3v) is 8.37. The summed E-state index contributed by atoms with van der Waals surface area (Å²) in [4.78, 5) is 13.2. The molecule has 0 atom stereocenters. The van der Waals surface area contributed by atoms with E-state index in [2.05, 4.69) is 33.7 Å². The van der Waals surface area contributed by atoms with Crippen molar-refractivity contribution in [2.45, 2.75) is 39.1 Å². The number of hydrogen-bond acceptors (Lipinski definition) is 3. The summed E-state index contributed by atoms with van der Waals surface area (Å²) in [5, 5.41) is 5.12. The molecule has 5 rings (SSSR count). The molecule has 5 aromatic rings. The van der Waals surface area contributed by atoms with Gasteiger partial charge >= 0.3 is 0 Å². The minimum absolute atomic E-state index is 0.0693. The van der Waals surface area contributed by atoms with Gasteiger partial charge in [0.25, 0.3) is 15.9 Å². The fraction of sp³-hybridized carbons (Fsp3) is 0.167. The van der Waals surface area contributed by atoms with Crippen LogP contribution in [0.5, 0.6) is 0 Å². The zero-order valence-electron chi connectivity index (χ0n) is 21.3. The van der Waals surface area contributed by atoms with Gasteiger partial charge in [-0.25, -0.2) is 8.42 Å². The first-order valence-electron chi connectivity index (χ1n) is 12.2. The van der Waals surface area contributed by atoms with Gasteiger partial charge in [0.2, 0.25) is 0 Å². The molecule has 6 nitrogen and oxygen atoms in total. The van der Waals surface area contributed by atoms with Crippen LogP contribution >= 0.6 is 0 Å². The smallest absolute Gasteiger partial charge is 0.262 e. The number of para-hydroxylation sites is 1. The van der Waals surface area contributed by atoms with E-state index in [9.17, 15) is 13.2 Å². The number of anilines is 2. The van der Waals surface area contributed by atoms with Gasteiger partial charge < -0.3 is 9.88 Å². The first kappa shape index (κ1) is 24.6. The van der Waals surface area contributed by atoms with Gasteiger partial charge in [0.05, 0.1) is 4.90 Å². The third kappa shape index (κ3) is 4.58. The lowest BCUT2D eigenvalue weighted by Gasteiger charge is -2.13. The van der Waals surface area contributed by atoms with Crippen LogP contribution in [0.25, 0.3) is 21.8 Å². The average Bonchev–Trinajstić information content (AvgIpc) is 3.19. The van der Waals surface area contributed by atoms with Crippen LogP contribution in [0.1, 0.15) is 34.0 Å². The van der Waals surface area contributed by atoms with Crippen molar-refractivity contribution in [3.8, 4) is 0 Å². The number of nitrogens with zero attached hydrogens (tertiary/aromatic N) is 1. The highest BCUT2D eigenvalue weighted by Crippen LogP contribution is 2.31. The summed E-state index contributed by atoms with van der Waals surface area (Å²) >= 11 is 0. The highest BCUT2D eigenvalue weighted by molar-refractivity contribution is 7.92. The Labute approximate surface area is 217 Å². The van der Waals surface area contributed by atoms with Crippen molar-refractivity contribution in [2.24, 2.45) is 0 Å². The van der Waals surface area contributed by atoms with Gasteiger partial charge in [-0.05, 0) is 92.9 Å². The Morgan fingerprint density at radius 2 is 1.46 bits per heavy atom. The van der Waals surface area contributed by atoms with Gasteiger partial charge in [0.15, 0.2) is 0 Å². The Morgan fingerprint density at radius 1 is 0.757 bits per heavy atom. The number of fused-ring (bicyclic) bond motifs is 3. The Kier molecular flexibility index (Phi) is 6.25. The van der Waals surface area contributed by atoms with E-state index in [4.69, 9.17) is 0 Å². The average molecular weight is 512 g/mol. The summed E-state index contributed by atoms with van der Waals surface area (Å²) in [6.07, 6.45) is 0. The number of carbonyl (C=O) groups is 1. The summed E-state index contributed by atoms with van der Waals surface area (Å²) in [5.74, 6) is -0.374. The minimum Gasteiger partial charge on any atom is -0.341 e. The number of nitrogens with one attached hydrogen (secondary N) is 2. The Balaban J connectivity index is 1.45. The lowest BCUT2D eigenvalue weighted by molar-refractivity contribution is 0.102. The molecule has 0 aliphatic rings. The number of sulfonamides is 1. The number of aryl methyl sites for hydroxylation is 4. The first-order chi connectivity index (χ1) is 17.7. The summed E-state index contributed by atoms with van der Waals surface area (Å²) in [5.41, 5.74) is 6.27. The molecule has 37 heavy (non-hydrogen) atoms.